The van der Waals surface area contributed by atoms with Gasteiger partial charge in [0.05, 0.1) is 32.0 Å². The van der Waals surface area contributed by atoms with Crippen LogP contribution in [0.4, 0.5) is 5.69 Å². The second kappa shape index (κ2) is 9.41. The van der Waals surface area contributed by atoms with Gasteiger partial charge in [-0.15, -0.1) is 0 Å². The lowest BCUT2D eigenvalue weighted by Gasteiger charge is -2.22. The standard InChI is InChI=1S/C20H26N2O4S/c1-4-16-5-9-18(10-6-16)22(27(3,24)25)14-13-21-20(23)15-17-7-11-19(26-2)12-8-17/h5-12H,4,13-15H2,1-3H3,(H,21,23). The Morgan fingerprint density at radius 3 is 2.15 bits per heavy atom. The third-order valence-electron chi connectivity index (χ3n) is 4.19. The molecule has 0 bridgehead atoms. The molecule has 0 unspecified atom stereocenters. The number of hydrogen-bond acceptors (Lipinski definition) is 4. The van der Waals surface area contributed by atoms with Crippen LogP contribution in [0, 0.1) is 0 Å². The van der Waals surface area contributed by atoms with E-state index < -0.39 is 10.0 Å². The van der Waals surface area contributed by atoms with E-state index in [2.05, 4.69) is 5.32 Å². The summed E-state index contributed by atoms with van der Waals surface area (Å²) in [6, 6.07) is 14.7. The molecule has 1 amide bonds. The Labute approximate surface area is 161 Å². The zero-order valence-corrected chi connectivity index (χ0v) is 16.8. The topological polar surface area (TPSA) is 75.7 Å². The summed E-state index contributed by atoms with van der Waals surface area (Å²) in [5, 5.41) is 2.78. The third kappa shape index (κ3) is 6.29. The van der Waals surface area contributed by atoms with Crippen LogP contribution in [0.15, 0.2) is 48.5 Å². The van der Waals surface area contributed by atoms with E-state index in [0.717, 1.165) is 23.3 Å². The van der Waals surface area contributed by atoms with Gasteiger partial charge >= 0.3 is 0 Å². The molecule has 2 aromatic carbocycles. The first-order chi connectivity index (χ1) is 12.8. The molecular weight excluding hydrogens is 364 g/mol. The van der Waals surface area contributed by atoms with Gasteiger partial charge in [0.15, 0.2) is 0 Å². The summed E-state index contributed by atoms with van der Waals surface area (Å²) in [6.07, 6.45) is 2.29. The number of nitrogens with zero attached hydrogens (tertiary/aromatic N) is 1. The lowest BCUT2D eigenvalue weighted by Crippen LogP contribution is -2.38. The SMILES string of the molecule is CCc1ccc(N(CCNC(=O)Cc2ccc(OC)cc2)S(C)(=O)=O)cc1. The van der Waals surface area contributed by atoms with Gasteiger partial charge in [-0.25, -0.2) is 8.42 Å². The lowest BCUT2D eigenvalue weighted by molar-refractivity contribution is -0.120. The van der Waals surface area contributed by atoms with Gasteiger partial charge in [0.25, 0.3) is 0 Å². The molecule has 2 rings (SSSR count). The lowest BCUT2D eigenvalue weighted by atomic mass is 10.1. The highest BCUT2D eigenvalue weighted by Crippen LogP contribution is 2.18. The van der Waals surface area contributed by atoms with E-state index in [1.165, 1.54) is 10.6 Å². The number of aryl methyl sites for hydroxylation is 1. The number of rotatable bonds is 9. The van der Waals surface area contributed by atoms with Crippen LogP contribution < -0.4 is 14.4 Å². The Morgan fingerprint density at radius 2 is 1.63 bits per heavy atom. The van der Waals surface area contributed by atoms with Crippen LogP contribution in [0.25, 0.3) is 0 Å². The highest BCUT2D eigenvalue weighted by Gasteiger charge is 2.17. The molecule has 0 saturated heterocycles. The second-order valence-corrected chi connectivity index (χ2v) is 8.14. The minimum atomic E-state index is -3.43. The van der Waals surface area contributed by atoms with Gasteiger partial charge in [0, 0.05) is 6.54 Å². The Morgan fingerprint density at radius 1 is 1.04 bits per heavy atom. The van der Waals surface area contributed by atoms with E-state index in [1.54, 1.807) is 31.4 Å². The zero-order valence-electron chi connectivity index (χ0n) is 15.9. The Hall–Kier alpha value is -2.54. The van der Waals surface area contributed by atoms with Gasteiger partial charge in [-0.3, -0.25) is 9.10 Å². The summed E-state index contributed by atoms with van der Waals surface area (Å²) in [4.78, 5) is 12.1. The van der Waals surface area contributed by atoms with Crippen molar-refractivity contribution in [2.75, 3.05) is 30.8 Å². The minimum absolute atomic E-state index is 0.157. The predicted octanol–water partition coefficient (Wildman–Crippen LogP) is 2.38. The van der Waals surface area contributed by atoms with Crippen LogP contribution in [0.3, 0.4) is 0 Å². The largest absolute Gasteiger partial charge is 0.497 e. The van der Waals surface area contributed by atoms with E-state index in [9.17, 15) is 13.2 Å². The molecule has 0 radical (unpaired) electrons. The van der Waals surface area contributed by atoms with Crippen molar-refractivity contribution in [3.8, 4) is 5.75 Å². The van der Waals surface area contributed by atoms with E-state index in [0.29, 0.717) is 5.69 Å². The number of carbonyl (C=O) groups is 1. The average Bonchev–Trinajstić information content (AvgIpc) is 2.65. The summed E-state index contributed by atoms with van der Waals surface area (Å²) in [5.41, 5.74) is 2.60. The Bertz CT molecular complexity index is 847. The highest BCUT2D eigenvalue weighted by molar-refractivity contribution is 7.92. The maximum atomic E-state index is 12.1. The zero-order chi connectivity index (χ0) is 19.9. The molecule has 7 heteroatoms. The fraction of sp³-hybridized carbons (Fsp3) is 0.350. The van der Waals surface area contributed by atoms with Crippen molar-refractivity contribution < 1.29 is 17.9 Å². The molecule has 0 aliphatic heterocycles. The molecule has 0 aliphatic rings. The molecule has 0 atom stereocenters. The maximum absolute atomic E-state index is 12.1. The van der Waals surface area contributed by atoms with Crippen LogP contribution in [0.2, 0.25) is 0 Å². The normalized spacial score (nSPS) is 11.1. The maximum Gasteiger partial charge on any atom is 0.232 e. The van der Waals surface area contributed by atoms with Gasteiger partial charge in [0.2, 0.25) is 15.9 Å². The number of benzene rings is 2. The van der Waals surface area contributed by atoms with Crippen molar-refractivity contribution in [3.63, 3.8) is 0 Å². The number of anilines is 1. The Balaban J connectivity index is 1.93. The van der Waals surface area contributed by atoms with Crippen LogP contribution in [-0.2, 0) is 27.7 Å². The molecule has 27 heavy (non-hydrogen) atoms. The third-order valence-corrected chi connectivity index (χ3v) is 5.39. The van der Waals surface area contributed by atoms with Gasteiger partial charge in [0.1, 0.15) is 5.75 Å². The van der Waals surface area contributed by atoms with E-state index in [4.69, 9.17) is 4.74 Å². The number of amides is 1. The molecule has 6 nitrogen and oxygen atoms in total. The van der Waals surface area contributed by atoms with Crippen molar-refractivity contribution in [1.29, 1.82) is 0 Å². The summed E-state index contributed by atoms with van der Waals surface area (Å²) in [6.45, 7) is 2.46. The molecular formula is C20H26N2O4S. The quantitative estimate of drug-likeness (QED) is 0.713. The van der Waals surface area contributed by atoms with Gasteiger partial charge in [-0.2, -0.15) is 0 Å². The predicted molar refractivity (Wildman–Crippen MR) is 108 cm³/mol. The van der Waals surface area contributed by atoms with Crippen LogP contribution in [0.1, 0.15) is 18.1 Å². The Kier molecular flexibility index (Phi) is 7.24. The molecule has 0 spiro atoms. The molecule has 0 saturated carbocycles. The summed E-state index contributed by atoms with van der Waals surface area (Å²) in [5.74, 6) is 0.576. The highest BCUT2D eigenvalue weighted by atomic mass is 32.2. The minimum Gasteiger partial charge on any atom is -0.497 e. The summed E-state index contributed by atoms with van der Waals surface area (Å²) < 4.78 is 30.6. The van der Waals surface area contributed by atoms with Gasteiger partial charge < -0.3 is 10.1 Å². The number of carbonyl (C=O) groups excluding carboxylic acids is 1. The number of methoxy groups -OCH3 is 1. The van der Waals surface area contributed by atoms with Gasteiger partial charge in [-0.05, 0) is 41.8 Å². The second-order valence-electron chi connectivity index (χ2n) is 6.23. The van der Waals surface area contributed by atoms with Crippen molar-refractivity contribution in [3.05, 3.63) is 59.7 Å². The summed E-state index contributed by atoms with van der Waals surface area (Å²) in [7, 11) is -1.85. The van der Waals surface area contributed by atoms with Crippen molar-refractivity contribution >= 4 is 21.6 Å². The van der Waals surface area contributed by atoms with Crippen LogP contribution in [0.5, 0.6) is 5.75 Å². The van der Waals surface area contributed by atoms with Crippen LogP contribution in [-0.4, -0.2) is 40.8 Å². The van der Waals surface area contributed by atoms with Crippen molar-refractivity contribution in [2.45, 2.75) is 19.8 Å². The van der Waals surface area contributed by atoms with Crippen LogP contribution >= 0.6 is 0 Å². The molecule has 1 N–H and O–H groups in total. The molecule has 0 aliphatic carbocycles. The fourth-order valence-electron chi connectivity index (χ4n) is 2.67. The van der Waals surface area contributed by atoms with Crippen molar-refractivity contribution in [1.82, 2.24) is 5.32 Å². The molecule has 0 heterocycles. The molecule has 2 aromatic rings. The first kappa shape index (κ1) is 20.8. The first-order valence-corrected chi connectivity index (χ1v) is 10.6. The molecule has 0 fully saturated rings. The number of sulfonamides is 1. The van der Waals surface area contributed by atoms with E-state index in [1.807, 2.05) is 31.2 Å². The van der Waals surface area contributed by atoms with Crippen molar-refractivity contribution in [2.24, 2.45) is 0 Å². The number of ether oxygens (including phenoxy) is 1. The fourth-order valence-corrected chi connectivity index (χ4v) is 3.60. The average molecular weight is 391 g/mol. The monoisotopic (exact) mass is 390 g/mol. The van der Waals surface area contributed by atoms with E-state index >= 15 is 0 Å². The number of hydrogen-bond donors (Lipinski definition) is 1. The molecule has 0 aromatic heterocycles. The van der Waals surface area contributed by atoms with Gasteiger partial charge in [-0.1, -0.05) is 31.2 Å². The molecule has 146 valence electrons. The number of nitrogens with one attached hydrogen (secondary N) is 1. The van der Waals surface area contributed by atoms with E-state index in [-0.39, 0.29) is 25.4 Å². The summed E-state index contributed by atoms with van der Waals surface area (Å²) >= 11 is 0. The first-order valence-electron chi connectivity index (χ1n) is 8.79. The smallest absolute Gasteiger partial charge is 0.232 e.